The number of amides is 1. The fourth-order valence-corrected chi connectivity index (χ4v) is 1.04. The number of carbonyl (C=O) groups is 1. The first kappa shape index (κ1) is 10.7. The third-order valence-electron chi connectivity index (χ3n) is 1.25. The SMILES string of the molecule is CCC(=O)N(CO)C(O)SC. The van der Waals surface area contributed by atoms with Crippen LogP contribution in [0.5, 0.6) is 0 Å². The Kier molecular flexibility index (Phi) is 5.27. The van der Waals surface area contributed by atoms with E-state index in [2.05, 4.69) is 0 Å². The Labute approximate surface area is 70.2 Å². The van der Waals surface area contributed by atoms with Crippen molar-refractivity contribution in [3.05, 3.63) is 0 Å². The van der Waals surface area contributed by atoms with E-state index in [1.165, 1.54) is 0 Å². The average molecular weight is 179 g/mol. The second-order valence-electron chi connectivity index (χ2n) is 1.92. The first-order valence-electron chi connectivity index (χ1n) is 3.28. The zero-order valence-electron chi connectivity index (χ0n) is 6.65. The molecule has 0 rings (SSSR count). The van der Waals surface area contributed by atoms with Gasteiger partial charge in [-0.15, -0.1) is 11.8 Å². The number of nitrogens with zero attached hydrogens (tertiary/aromatic N) is 1. The molecule has 4 nitrogen and oxygen atoms in total. The smallest absolute Gasteiger partial charge is 0.226 e. The number of aliphatic hydroxyl groups excluding tert-OH is 2. The molecule has 1 amide bonds. The maximum Gasteiger partial charge on any atom is 0.226 e. The molecule has 0 aliphatic rings. The molecule has 0 aliphatic carbocycles. The molecule has 66 valence electrons. The molecule has 0 aromatic carbocycles. The van der Waals surface area contributed by atoms with E-state index < -0.39 is 12.3 Å². The molecule has 0 aromatic rings. The predicted octanol–water partition coefficient (Wildman–Crippen LogP) is -0.186. The van der Waals surface area contributed by atoms with Gasteiger partial charge >= 0.3 is 0 Å². The van der Waals surface area contributed by atoms with Gasteiger partial charge in [-0.3, -0.25) is 9.69 Å². The Morgan fingerprint density at radius 3 is 2.55 bits per heavy atom. The van der Waals surface area contributed by atoms with Crippen LogP contribution in [0.25, 0.3) is 0 Å². The number of thioether (sulfide) groups is 1. The van der Waals surface area contributed by atoms with Crippen molar-refractivity contribution >= 4 is 17.7 Å². The summed E-state index contributed by atoms with van der Waals surface area (Å²) in [4.78, 5) is 11.9. The van der Waals surface area contributed by atoms with E-state index >= 15 is 0 Å². The molecular formula is C6H13NO3S. The highest BCUT2D eigenvalue weighted by molar-refractivity contribution is 7.99. The summed E-state index contributed by atoms with van der Waals surface area (Å²) in [5.74, 6) is -0.255. The van der Waals surface area contributed by atoms with Crippen molar-refractivity contribution in [3.8, 4) is 0 Å². The monoisotopic (exact) mass is 179 g/mol. The zero-order chi connectivity index (χ0) is 8.85. The quantitative estimate of drug-likeness (QED) is 0.587. The topological polar surface area (TPSA) is 60.8 Å². The summed E-state index contributed by atoms with van der Waals surface area (Å²) in [5.41, 5.74) is -0.938. The number of aliphatic hydroxyl groups is 2. The van der Waals surface area contributed by atoms with Crippen LogP contribution in [-0.4, -0.2) is 39.6 Å². The summed E-state index contributed by atoms with van der Waals surface area (Å²) in [7, 11) is 0. The normalized spacial score (nSPS) is 12.7. The molecule has 0 radical (unpaired) electrons. The van der Waals surface area contributed by atoms with Crippen LogP contribution in [0.1, 0.15) is 13.3 Å². The van der Waals surface area contributed by atoms with Gasteiger partial charge < -0.3 is 10.2 Å². The second-order valence-corrected chi connectivity index (χ2v) is 2.81. The van der Waals surface area contributed by atoms with E-state index in [1.54, 1.807) is 13.2 Å². The van der Waals surface area contributed by atoms with Crippen LogP contribution in [0.4, 0.5) is 0 Å². The van der Waals surface area contributed by atoms with E-state index in [4.69, 9.17) is 10.2 Å². The average Bonchev–Trinajstić information content (AvgIpc) is 2.05. The lowest BCUT2D eigenvalue weighted by Crippen LogP contribution is -2.38. The van der Waals surface area contributed by atoms with Crippen LogP contribution in [0.15, 0.2) is 0 Å². The van der Waals surface area contributed by atoms with Crippen molar-refractivity contribution in [2.24, 2.45) is 0 Å². The van der Waals surface area contributed by atoms with Crippen molar-refractivity contribution in [1.82, 2.24) is 4.90 Å². The summed E-state index contributed by atoms with van der Waals surface area (Å²) in [6.45, 7) is 1.24. The summed E-state index contributed by atoms with van der Waals surface area (Å²) in [6, 6.07) is 0. The number of rotatable bonds is 4. The summed E-state index contributed by atoms with van der Waals surface area (Å²) >= 11 is 1.10. The molecule has 11 heavy (non-hydrogen) atoms. The molecule has 0 bridgehead atoms. The van der Waals surface area contributed by atoms with Crippen LogP contribution in [-0.2, 0) is 4.79 Å². The van der Waals surface area contributed by atoms with Gasteiger partial charge in [-0.25, -0.2) is 0 Å². The number of hydrogen-bond donors (Lipinski definition) is 2. The Morgan fingerprint density at radius 2 is 2.27 bits per heavy atom. The Balaban J connectivity index is 4.03. The first-order chi connectivity index (χ1) is 5.17. The highest BCUT2D eigenvalue weighted by atomic mass is 32.2. The molecule has 0 aromatic heterocycles. The molecule has 1 unspecified atom stereocenters. The summed E-state index contributed by atoms with van der Waals surface area (Å²) < 4.78 is 0. The van der Waals surface area contributed by atoms with Gasteiger partial charge in [-0.1, -0.05) is 6.92 Å². The molecule has 0 heterocycles. The van der Waals surface area contributed by atoms with Gasteiger partial charge in [0.15, 0.2) is 5.56 Å². The third kappa shape index (κ3) is 3.09. The first-order valence-corrected chi connectivity index (χ1v) is 4.57. The minimum Gasteiger partial charge on any atom is -0.376 e. The predicted molar refractivity (Wildman–Crippen MR) is 43.7 cm³/mol. The van der Waals surface area contributed by atoms with Crippen molar-refractivity contribution in [2.45, 2.75) is 18.9 Å². The highest BCUT2D eigenvalue weighted by Crippen LogP contribution is 2.09. The third-order valence-corrected chi connectivity index (χ3v) is 1.93. The highest BCUT2D eigenvalue weighted by Gasteiger charge is 2.17. The van der Waals surface area contributed by atoms with Crippen molar-refractivity contribution in [1.29, 1.82) is 0 Å². The molecule has 2 N–H and O–H groups in total. The molecular weight excluding hydrogens is 166 g/mol. The van der Waals surface area contributed by atoms with Crippen LogP contribution < -0.4 is 0 Å². The second kappa shape index (κ2) is 5.40. The molecule has 5 heteroatoms. The van der Waals surface area contributed by atoms with Crippen LogP contribution >= 0.6 is 11.8 Å². The van der Waals surface area contributed by atoms with E-state index in [0.717, 1.165) is 16.7 Å². The Bertz CT molecular complexity index is 131. The standard InChI is InChI=1S/C6H13NO3S/c1-3-5(9)7(4-8)6(10)11-2/h6,8,10H,3-4H2,1-2H3. The minimum atomic E-state index is -0.938. The largest absolute Gasteiger partial charge is 0.376 e. The Hall–Kier alpha value is -0.260. The summed E-state index contributed by atoms with van der Waals surface area (Å²) in [5, 5.41) is 17.8. The molecule has 0 aliphatic heterocycles. The fraction of sp³-hybridized carbons (Fsp3) is 0.833. The lowest BCUT2D eigenvalue weighted by atomic mass is 10.4. The molecule has 0 saturated carbocycles. The molecule has 1 atom stereocenters. The van der Waals surface area contributed by atoms with Gasteiger partial charge in [-0.05, 0) is 6.26 Å². The van der Waals surface area contributed by atoms with Crippen LogP contribution in [0.3, 0.4) is 0 Å². The van der Waals surface area contributed by atoms with Crippen LogP contribution in [0.2, 0.25) is 0 Å². The Morgan fingerprint density at radius 1 is 1.73 bits per heavy atom. The summed E-state index contributed by atoms with van der Waals surface area (Å²) in [6.07, 6.45) is 1.95. The van der Waals surface area contributed by atoms with Crippen molar-refractivity contribution in [3.63, 3.8) is 0 Å². The van der Waals surface area contributed by atoms with Crippen molar-refractivity contribution < 1.29 is 15.0 Å². The maximum absolute atomic E-state index is 10.9. The van der Waals surface area contributed by atoms with E-state index in [1.807, 2.05) is 0 Å². The number of hydrogen-bond acceptors (Lipinski definition) is 4. The van der Waals surface area contributed by atoms with E-state index in [-0.39, 0.29) is 12.3 Å². The van der Waals surface area contributed by atoms with Crippen LogP contribution in [0, 0.1) is 0 Å². The molecule has 0 saturated heterocycles. The van der Waals surface area contributed by atoms with Gasteiger partial charge in [0.05, 0.1) is 0 Å². The van der Waals surface area contributed by atoms with E-state index in [9.17, 15) is 4.79 Å². The molecule has 0 fully saturated rings. The lowest BCUT2D eigenvalue weighted by molar-refractivity contribution is -0.141. The van der Waals surface area contributed by atoms with Gasteiger partial charge in [0.1, 0.15) is 6.73 Å². The zero-order valence-corrected chi connectivity index (χ0v) is 7.47. The fourth-order valence-electron chi connectivity index (χ4n) is 0.602. The number of carbonyl (C=O) groups excluding carboxylic acids is 1. The van der Waals surface area contributed by atoms with Gasteiger partial charge in [0, 0.05) is 6.42 Å². The lowest BCUT2D eigenvalue weighted by Gasteiger charge is -2.23. The van der Waals surface area contributed by atoms with Gasteiger partial charge in [0.25, 0.3) is 0 Å². The van der Waals surface area contributed by atoms with Gasteiger partial charge in [-0.2, -0.15) is 0 Å². The van der Waals surface area contributed by atoms with Crippen molar-refractivity contribution in [2.75, 3.05) is 13.0 Å². The maximum atomic E-state index is 10.9. The van der Waals surface area contributed by atoms with E-state index in [0.29, 0.717) is 0 Å². The minimum absolute atomic E-state index is 0.255. The van der Waals surface area contributed by atoms with Gasteiger partial charge in [0.2, 0.25) is 5.91 Å². The molecule has 0 spiro atoms.